The minimum absolute atomic E-state index is 0.0317. The minimum atomic E-state index is -0.722. The molecule has 1 aliphatic heterocycles. The van der Waals surface area contributed by atoms with Crippen molar-refractivity contribution in [3.8, 4) is 11.5 Å². The molecule has 1 unspecified atom stereocenters. The summed E-state index contributed by atoms with van der Waals surface area (Å²) in [5.41, 5.74) is 1.05. The van der Waals surface area contributed by atoms with Crippen molar-refractivity contribution >= 4 is 17.4 Å². The van der Waals surface area contributed by atoms with Crippen LogP contribution < -0.4 is 9.47 Å². The normalized spacial score (nSPS) is 17.8. The lowest BCUT2D eigenvalue weighted by molar-refractivity contribution is -0.140. The quantitative estimate of drug-likeness (QED) is 0.365. The monoisotopic (exact) mass is 439 g/mol. The van der Waals surface area contributed by atoms with E-state index in [1.807, 2.05) is 13.8 Å². The number of likely N-dealkylation sites (tertiary alicyclic amines) is 1. The molecule has 2 aromatic rings. The van der Waals surface area contributed by atoms with E-state index in [1.54, 1.807) is 42.7 Å². The molecule has 1 saturated heterocycles. The number of ether oxygens (including phenoxy) is 2. The Hall–Kier alpha value is -3.39. The van der Waals surface area contributed by atoms with E-state index < -0.39 is 17.7 Å². The minimum Gasteiger partial charge on any atom is -0.507 e. The van der Waals surface area contributed by atoms with Gasteiger partial charge in [0.2, 0.25) is 0 Å². The average Bonchev–Trinajstić information content (AvgIpc) is 3.09. The molecule has 0 saturated carbocycles. The average molecular weight is 440 g/mol. The molecule has 1 aromatic carbocycles. The first-order valence-electron chi connectivity index (χ1n) is 10.6. The summed E-state index contributed by atoms with van der Waals surface area (Å²) in [6.07, 6.45) is 3.21. The number of benzene rings is 1. The van der Waals surface area contributed by atoms with Crippen LogP contribution in [0, 0.1) is 0 Å². The molecule has 0 spiro atoms. The molecule has 1 aromatic heterocycles. The largest absolute Gasteiger partial charge is 0.507 e. The van der Waals surface area contributed by atoms with Crippen molar-refractivity contribution in [2.24, 2.45) is 0 Å². The molecule has 8 heteroatoms. The highest BCUT2D eigenvalue weighted by Crippen LogP contribution is 2.41. The fourth-order valence-corrected chi connectivity index (χ4v) is 3.93. The number of likely N-dealkylation sites (N-methyl/N-ethyl adjacent to an activating group) is 1. The van der Waals surface area contributed by atoms with Crippen LogP contribution in [0.5, 0.6) is 11.5 Å². The summed E-state index contributed by atoms with van der Waals surface area (Å²) in [6, 6.07) is 7.67. The van der Waals surface area contributed by atoms with E-state index in [1.165, 1.54) is 19.1 Å². The number of amides is 1. The van der Waals surface area contributed by atoms with Crippen molar-refractivity contribution in [1.82, 2.24) is 14.8 Å². The third-order valence-corrected chi connectivity index (χ3v) is 5.78. The zero-order valence-corrected chi connectivity index (χ0v) is 18.9. The number of carbonyl (C=O) groups excluding carboxylic acids is 2. The Balaban J connectivity index is 2.12. The number of aliphatic hydroxyl groups is 1. The molecule has 8 nitrogen and oxygen atoms in total. The van der Waals surface area contributed by atoms with Crippen LogP contribution in [0.2, 0.25) is 0 Å². The van der Waals surface area contributed by atoms with Crippen molar-refractivity contribution in [2.75, 3.05) is 40.4 Å². The molecule has 1 fully saturated rings. The smallest absolute Gasteiger partial charge is 0.295 e. The van der Waals surface area contributed by atoms with Gasteiger partial charge in [-0.25, -0.2) is 0 Å². The summed E-state index contributed by atoms with van der Waals surface area (Å²) in [4.78, 5) is 33.9. The first-order valence-corrected chi connectivity index (χ1v) is 10.6. The zero-order chi connectivity index (χ0) is 23.3. The summed E-state index contributed by atoms with van der Waals surface area (Å²) in [6.45, 7) is 6.75. The Morgan fingerprint density at radius 2 is 1.78 bits per heavy atom. The van der Waals surface area contributed by atoms with E-state index in [-0.39, 0.29) is 11.3 Å². The van der Waals surface area contributed by atoms with Crippen LogP contribution in [-0.2, 0) is 9.59 Å². The van der Waals surface area contributed by atoms with Crippen molar-refractivity contribution < 1.29 is 24.2 Å². The molecule has 32 heavy (non-hydrogen) atoms. The summed E-state index contributed by atoms with van der Waals surface area (Å²) in [7, 11) is 2.99. The van der Waals surface area contributed by atoms with E-state index in [0.29, 0.717) is 35.7 Å². The molecular weight excluding hydrogens is 410 g/mol. The van der Waals surface area contributed by atoms with Gasteiger partial charge in [-0.05, 0) is 42.9 Å². The number of nitrogens with zero attached hydrogens (tertiary/aromatic N) is 3. The number of carbonyl (C=O) groups is 2. The van der Waals surface area contributed by atoms with Gasteiger partial charge in [-0.3, -0.25) is 14.6 Å². The van der Waals surface area contributed by atoms with Crippen molar-refractivity contribution in [3.05, 3.63) is 59.4 Å². The Morgan fingerprint density at radius 1 is 1.09 bits per heavy atom. The second-order valence-electron chi connectivity index (χ2n) is 7.37. The van der Waals surface area contributed by atoms with E-state index in [0.717, 1.165) is 13.1 Å². The standard InChI is InChI=1S/C24H29N3O5/c1-5-26(6-2)13-14-27-21(16-9-11-25-12-10-16)20(23(29)24(27)30)22(28)18-8-7-17(31-3)15-19(18)32-4/h7-12,15,21,28H,5-6,13-14H2,1-4H3/b22-20-. The van der Waals surface area contributed by atoms with E-state index in [9.17, 15) is 14.7 Å². The lowest BCUT2D eigenvalue weighted by Gasteiger charge is -2.28. The van der Waals surface area contributed by atoms with Gasteiger partial charge in [-0.2, -0.15) is 0 Å². The molecule has 170 valence electrons. The highest BCUT2D eigenvalue weighted by molar-refractivity contribution is 6.46. The zero-order valence-electron chi connectivity index (χ0n) is 18.9. The van der Waals surface area contributed by atoms with E-state index >= 15 is 0 Å². The van der Waals surface area contributed by atoms with Gasteiger partial charge in [0, 0.05) is 31.5 Å². The van der Waals surface area contributed by atoms with Gasteiger partial charge in [0.25, 0.3) is 11.7 Å². The number of methoxy groups -OCH3 is 2. The van der Waals surface area contributed by atoms with Gasteiger partial charge in [-0.15, -0.1) is 0 Å². The third-order valence-electron chi connectivity index (χ3n) is 5.78. The summed E-state index contributed by atoms with van der Waals surface area (Å²) in [5, 5.41) is 11.2. The van der Waals surface area contributed by atoms with Crippen LogP contribution in [0.3, 0.4) is 0 Å². The highest BCUT2D eigenvalue weighted by atomic mass is 16.5. The first kappa shape index (κ1) is 23.3. The van der Waals surface area contributed by atoms with E-state index in [4.69, 9.17) is 9.47 Å². The summed E-state index contributed by atoms with van der Waals surface area (Å²) < 4.78 is 10.6. The Kier molecular flexibility index (Phi) is 7.48. The molecule has 1 amide bonds. The number of aromatic nitrogens is 1. The van der Waals surface area contributed by atoms with Crippen LogP contribution in [-0.4, -0.2) is 72.0 Å². The maximum absolute atomic E-state index is 13.1. The molecule has 1 atom stereocenters. The molecule has 2 heterocycles. The second-order valence-corrected chi connectivity index (χ2v) is 7.37. The molecular formula is C24H29N3O5. The van der Waals surface area contributed by atoms with Crippen molar-refractivity contribution in [2.45, 2.75) is 19.9 Å². The van der Waals surface area contributed by atoms with Gasteiger partial charge >= 0.3 is 0 Å². The van der Waals surface area contributed by atoms with Crippen molar-refractivity contribution in [3.63, 3.8) is 0 Å². The summed E-state index contributed by atoms with van der Waals surface area (Å²) >= 11 is 0. The molecule has 1 aliphatic rings. The number of pyridine rings is 1. The fraction of sp³-hybridized carbons (Fsp3) is 0.375. The SMILES string of the molecule is CCN(CC)CCN1C(=O)C(=O)/C(=C(\O)c2ccc(OC)cc2OC)C1c1ccncc1. The molecule has 1 N–H and O–H groups in total. The Labute approximate surface area is 188 Å². The molecule has 0 radical (unpaired) electrons. The Morgan fingerprint density at radius 3 is 2.38 bits per heavy atom. The number of hydrogen-bond donors (Lipinski definition) is 1. The maximum Gasteiger partial charge on any atom is 0.295 e. The molecule has 0 aliphatic carbocycles. The van der Waals surface area contributed by atoms with Gasteiger partial charge in [-0.1, -0.05) is 13.8 Å². The predicted octanol–water partition coefficient (Wildman–Crippen LogP) is 2.86. The van der Waals surface area contributed by atoms with E-state index in [2.05, 4.69) is 9.88 Å². The lowest BCUT2D eigenvalue weighted by atomic mass is 9.95. The number of aliphatic hydroxyl groups excluding tert-OH is 1. The number of Topliss-reactive ketones (excluding diaryl/α,β-unsaturated/α-hetero) is 1. The van der Waals surface area contributed by atoms with Crippen LogP contribution in [0.4, 0.5) is 0 Å². The van der Waals surface area contributed by atoms with Gasteiger partial charge in [0.15, 0.2) is 0 Å². The fourth-order valence-electron chi connectivity index (χ4n) is 3.93. The van der Waals surface area contributed by atoms with Gasteiger partial charge in [0.1, 0.15) is 17.3 Å². The predicted molar refractivity (Wildman–Crippen MR) is 121 cm³/mol. The highest BCUT2D eigenvalue weighted by Gasteiger charge is 2.46. The molecule has 0 bridgehead atoms. The maximum atomic E-state index is 13.1. The molecule has 3 rings (SSSR count). The topological polar surface area (TPSA) is 92.2 Å². The number of ketones is 1. The number of hydrogen-bond acceptors (Lipinski definition) is 7. The number of rotatable bonds is 9. The van der Waals surface area contributed by atoms with Crippen LogP contribution >= 0.6 is 0 Å². The van der Waals surface area contributed by atoms with Crippen molar-refractivity contribution in [1.29, 1.82) is 0 Å². The Bertz CT molecular complexity index is 1000. The van der Waals surface area contributed by atoms with Gasteiger partial charge < -0.3 is 24.4 Å². The van der Waals surface area contributed by atoms with Crippen LogP contribution in [0.1, 0.15) is 31.0 Å². The first-order chi connectivity index (χ1) is 15.5. The van der Waals surface area contributed by atoms with Crippen LogP contribution in [0.25, 0.3) is 5.76 Å². The second kappa shape index (κ2) is 10.3. The van der Waals surface area contributed by atoms with Gasteiger partial charge in [0.05, 0.1) is 31.4 Å². The van der Waals surface area contributed by atoms with Crippen LogP contribution in [0.15, 0.2) is 48.3 Å². The summed E-state index contributed by atoms with van der Waals surface area (Å²) in [5.74, 6) is -0.752. The lowest BCUT2D eigenvalue weighted by Crippen LogP contribution is -2.38. The third kappa shape index (κ3) is 4.45.